The van der Waals surface area contributed by atoms with Gasteiger partial charge in [0.15, 0.2) is 0 Å². The number of nitrogens with one attached hydrogen (secondary N) is 1. The van der Waals surface area contributed by atoms with E-state index in [-0.39, 0.29) is 18.0 Å². The van der Waals surface area contributed by atoms with Crippen LogP contribution in [0.1, 0.15) is 39.0 Å². The zero-order valence-corrected chi connectivity index (χ0v) is 13.8. The van der Waals surface area contributed by atoms with Crippen LogP contribution in [-0.4, -0.2) is 65.5 Å². The standard InChI is InChI=1S/C15H28N4OS/c1-2-5-12(14(16)21)18-8-10-19(11-9-18)13-6-3-4-7-17-15(13)20/h12-13H,2-11H2,1H3,(H2,16,21)(H,17,20). The predicted molar refractivity (Wildman–Crippen MR) is 89.3 cm³/mol. The zero-order chi connectivity index (χ0) is 15.2. The van der Waals surface area contributed by atoms with Crippen LogP contribution < -0.4 is 11.1 Å². The van der Waals surface area contributed by atoms with Crippen molar-refractivity contribution in [2.24, 2.45) is 5.73 Å². The molecule has 2 fully saturated rings. The van der Waals surface area contributed by atoms with E-state index in [4.69, 9.17) is 18.0 Å². The summed E-state index contributed by atoms with van der Waals surface area (Å²) in [6.45, 7) is 6.76. The molecule has 0 aliphatic carbocycles. The maximum Gasteiger partial charge on any atom is 0.237 e. The molecule has 6 heteroatoms. The monoisotopic (exact) mass is 312 g/mol. The third-order valence-electron chi connectivity index (χ3n) is 4.63. The molecule has 2 atom stereocenters. The second-order valence-corrected chi connectivity index (χ2v) is 6.55. The Morgan fingerprint density at radius 3 is 2.71 bits per heavy atom. The third kappa shape index (κ3) is 4.37. The van der Waals surface area contributed by atoms with Gasteiger partial charge in [-0.3, -0.25) is 14.6 Å². The summed E-state index contributed by atoms with van der Waals surface area (Å²) in [7, 11) is 0. The summed E-state index contributed by atoms with van der Waals surface area (Å²) < 4.78 is 0. The van der Waals surface area contributed by atoms with Gasteiger partial charge in [0.2, 0.25) is 5.91 Å². The van der Waals surface area contributed by atoms with Crippen LogP contribution >= 0.6 is 12.2 Å². The molecule has 0 radical (unpaired) electrons. The van der Waals surface area contributed by atoms with Crippen LogP contribution in [0.4, 0.5) is 0 Å². The van der Waals surface area contributed by atoms with Crippen molar-refractivity contribution in [2.45, 2.75) is 51.1 Å². The van der Waals surface area contributed by atoms with Gasteiger partial charge in [0.25, 0.3) is 0 Å². The number of amides is 1. The summed E-state index contributed by atoms with van der Waals surface area (Å²) in [6, 6.07) is 0.277. The maximum absolute atomic E-state index is 12.1. The van der Waals surface area contributed by atoms with Crippen LogP contribution in [-0.2, 0) is 4.79 Å². The van der Waals surface area contributed by atoms with Gasteiger partial charge >= 0.3 is 0 Å². The molecular weight excluding hydrogens is 284 g/mol. The van der Waals surface area contributed by atoms with Gasteiger partial charge in [-0.25, -0.2) is 0 Å². The molecular formula is C15H28N4OS. The minimum absolute atomic E-state index is 0.0594. The zero-order valence-electron chi connectivity index (χ0n) is 13.0. The minimum Gasteiger partial charge on any atom is -0.392 e. The number of rotatable bonds is 5. The van der Waals surface area contributed by atoms with Crippen LogP contribution in [0, 0.1) is 0 Å². The van der Waals surface area contributed by atoms with E-state index in [1.54, 1.807) is 0 Å². The average molecular weight is 312 g/mol. The highest BCUT2D eigenvalue weighted by Crippen LogP contribution is 2.17. The number of hydrogen-bond acceptors (Lipinski definition) is 4. The molecule has 21 heavy (non-hydrogen) atoms. The van der Waals surface area contributed by atoms with Crippen molar-refractivity contribution in [3.8, 4) is 0 Å². The number of carbonyl (C=O) groups is 1. The highest BCUT2D eigenvalue weighted by Gasteiger charge is 2.32. The van der Waals surface area contributed by atoms with Gasteiger partial charge in [0.05, 0.1) is 17.1 Å². The second kappa shape index (κ2) is 8.06. The number of nitrogens with zero attached hydrogens (tertiary/aromatic N) is 2. The fraction of sp³-hybridized carbons (Fsp3) is 0.867. The first-order chi connectivity index (χ1) is 10.1. The Morgan fingerprint density at radius 1 is 1.38 bits per heavy atom. The van der Waals surface area contributed by atoms with E-state index in [9.17, 15) is 4.79 Å². The molecule has 3 N–H and O–H groups in total. The van der Waals surface area contributed by atoms with Crippen molar-refractivity contribution in [1.82, 2.24) is 15.1 Å². The van der Waals surface area contributed by atoms with Gasteiger partial charge < -0.3 is 11.1 Å². The topological polar surface area (TPSA) is 61.6 Å². The van der Waals surface area contributed by atoms with Gasteiger partial charge in [0.1, 0.15) is 0 Å². The minimum atomic E-state index is 0.0594. The smallest absolute Gasteiger partial charge is 0.237 e. The van der Waals surface area contributed by atoms with Crippen molar-refractivity contribution >= 4 is 23.1 Å². The summed E-state index contributed by atoms with van der Waals surface area (Å²) in [5, 5.41) is 3.03. The largest absolute Gasteiger partial charge is 0.392 e. The molecule has 0 aromatic heterocycles. The number of piperazine rings is 1. The first kappa shape index (κ1) is 16.6. The molecule has 120 valence electrons. The van der Waals surface area contributed by atoms with Crippen molar-refractivity contribution in [3.05, 3.63) is 0 Å². The number of nitrogens with two attached hydrogens (primary N) is 1. The summed E-state index contributed by atoms with van der Waals surface area (Å²) in [5.41, 5.74) is 5.89. The lowest BCUT2D eigenvalue weighted by molar-refractivity contribution is -0.127. The maximum atomic E-state index is 12.1. The Hall–Kier alpha value is -0.720. The lowest BCUT2D eigenvalue weighted by atomic mass is 10.1. The summed E-state index contributed by atoms with van der Waals surface area (Å²) >= 11 is 5.21. The molecule has 0 spiro atoms. The Balaban J connectivity index is 1.89. The first-order valence-corrected chi connectivity index (χ1v) is 8.59. The molecule has 0 bridgehead atoms. The SMILES string of the molecule is CCCC(C(N)=S)N1CCN(C2CCCCNC2=O)CC1. The Kier molecular flexibility index (Phi) is 6.39. The molecule has 0 aromatic carbocycles. The molecule has 2 aliphatic rings. The van der Waals surface area contributed by atoms with Gasteiger partial charge in [-0.05, 0) is 25.7 Å². The Morgan fingerprint density at radius 2 is 2.10 bits per heavy atom. The third-order valence-corrected chi connectivity index (χ3v) is 4.90. The lowest BCUT2D eigenvalue weighted by Crippen LogP contribution is -2.57. The quantitative estimate of drug-likeness (QED) is 0.733. The number of thiocarbonyl (C=S) groups is 1. The molecule has 2 aliphatic heterocycles. The molecule has 5 nitrogen and oxygen atoms in total. The average Bonchev–Trinajstić information content (AvgIpc) is 2.69. The normalized spacial score (nSPS) is 26.9. The van der Waals surface area contributed by atoms with Gasteiger partial charge in [-0.1, -0.05) is 25.6 Å². The molecule has 2 heterocycles. The predicted octanol–water partition coefficient (Wildman–Crippen LogP) is 0.728. The molecule has 1 amide bonds. The highest BCUT2D eigenvalue weighted by molar-refractivity contribution is 7.80. The van der Waals surface area contributed by atoms with Crippen molar-refractivity contribution in [3.63, 3.8) is 0 Å². The Bertz CT molecular complexity index is 369. The van der Waals surface area contributed by atoms with E-state index in [0.29, 0.717) is 4.99 Å². The van der Waals surface area contributed by atoms with Crippen LogP contribution in [0.5, 0.6) is 0 Å². The van der Waals surface area contributed by atoms with E-state index in [1.807, 2.05) is 0 Å². The van der Waals surface area contributed by atoms with E-state index in [0.717, 1.165) is 64.8 Å². The van der Waals surface area contributed by atoms with Crippen LogP contribution in [0.25, 0.3) is 0 Å². The lowest BCUT2D eigenvalue weighted by Gasteiger charge is -2.41. The van der Waals surface area contributed by atoms with E-state index in [2.05, 4.69) is 22.0 Å². The second-order valence-electron chi connectivity index (χ2n) is 6.08. The Labute approximate surface area is 133 Å². The van der Waals surface area contributed by atoms with Crippen LogP contribution in [0.15, 0.2) is 0 Å². The summed E-state index contributed by atoms with van der Waals surface area (Å²) in [6.07, 6.45) is 5.34. The number of hydrogen-bond donors (Lipinski definition) is 2. The van der Waals surface area contributed by atoms with E-state index >= 15 is 0 Å². The first-order valence-electron chi connectivity index (χ1n) is 8.18. The van der Waals surface area contributed by atoms with Crippen molar-refractivity contribution in [1.29, 1.82) is 0 Å². The van der Waals surface area contributed by atoms with E-state index < -0.39 is 0 Å². The van der Waals surface area contributed by atoms with Crippen LogP contribution in [0.3, 0.4) is 0 Å². The summed E-state index contributed by atoms with van der Waals surface area (Å²) in [5.74, 6) is 0.209. The van der Waals surface area contributed by atoms with Crippen LogP contribution in [0.2, 0.25) is 0 Å². The summed E-state index contributed by atoms with van der Waals surface area (Å²) in [4.78, 5) is 17.5. The molecule has 2 unspecified atom stereocenters. The molecule has 0 saturated carbocycles. The van der Waals surface area contributed by atoms with Crippen molar-refractivity contribution in [2.75, 3.05) is 32.7 Å². The fourth-order valence-corrected chi connectivity index (χ4v) is 3.68. The van der Waals surface area contributed by atoms with E-state index in [1.165, 1.54) is 0 Å². The van der Waals surface area contributed by atoms with Crippen molar-refractivity contribution < 1.29 is 4.79 Å². The molecule has 2 rings (SSSR count). The van der Waals surface area contributed by atoms with Gasteiger partial charge in [-0.15, -0.1) is 0 Å². The highest BCUT2D eigenvalue weighted by atomic mass is 32.1. The number of carbonyl (C=O) groups excluding carboxylic acids is 1. The van der Waals surface area contributed by atoms with Gasteiger partial charge in [-0.2, -0.15) is 0 Å². The van der Waals surface area contributed by atoms with Gasteiger partial charge in [0, 0.05) is 32.7 Å². The fourth-order valence-electron chi connectivity index (χ4n) is 3.41. The molecule has 2 saturated heterocycles. The molecule has 0 aromatic rings.